The number of hydrazone groups is 1. The van der Waals surface area contributed by atoms with Crippen LogP contribution in [0, 0.1) is 0 Å². The highest BCUT2D eigenvalue weighted by Gasteiger charge is 2.27. The summed E-state index contributed by atoms with van der Waals surface area (Å²) in [7, 11) is -4.00. The van der Waals surface area contributed by atoms with E-state index < -0.39 is 22.5 Å². The van der Waals surface area contributed by atoms with Gasteiger partial charge in [-0.25, -0.2) is 13.8 Å². The molecule has 0 aliphatic rings. The molecule has 0 bridgehead atoms. The Bertz CT molecular complexity index is 1310. The van der Waals surface area contributed by atoms with Gasteiger partial charge in [-0.1, -0.05) is 46.8 Å². The van der Waals surface area contributed by atoms with E-state index >= 15 is 0 Å². The third-order valence-corrected chi connectivity index (χ3v) is 7.08. The lowest BCUT2D eigenvalue weighted by Gasteiger charge is -2.23. The SMILES string of the molecule is C=CCOc1ccc(/C=N\NC(=O)CN(c2ccc(Br)cc2)S(=O)(=O)c2ccccc2)cc1OCC. The normalized spacial score (nSPS) is 11.2. The molecule has 0 saturated carbocycles. The first-order valence-electron chi connectivity index (χ1n) is 11.0. The van der Waals surface area contributed by atoms with Crippen molar-refractivity contribution in [1.29, 1.82) is 0 Å². The lowest BCUT2D eigenvalue weighted by molar-refractivity contribution is -0.119. The van der Waals surface area contributed by atoms with Crippen LogP contribution in [-0.4, -0.2) is 40.3 Å². The standard InChI is InChI=1S/C26H26BrN3O5S/c1-3-16-35-24-15-10-20(17-25(24)34-4-2)18-28-29-26(31)19-30(22-13-11-21(27)12-14-22)36(32,33)23-8-6-5-7-9-23/h3,5-15,17-18H,1,4,16,19H2,2H3,(H,29,31)/b28-18-. The van der Waals surface area contributed by atoms with Gasteiger partial charge in [-0.05, 0) is 67.1 Å². The lowest BCUT2D eigenvalue weighted by Crippen LogP contribution is -2.39. The number of nitrogens with one attached hydrogen (secondary N) is 1. The second-order valence-electron chi connectivity index (χ2n) is 7.33. The van der Waals surface area contributed by atoms with Gasteiger partial charge in [0.25, 0.3) is 15.9 Å². The van der Waals surface area contributed by atoms with Crippen LogP contribution in [0.1, 0.15) is 12.5 Å². The van der Waals surface area contributed by atoms with Crippen LogP contribution < -0.4 is 19.2 Å². The summed E-state index contributed by atoms with van der Waals surface area (Å²) in [5.41, 5.74) is 3.40. The molecule has 0 fully saturated rings. The van der Waals surface area contributed by atoms with E-state index in [2.05, 4.69) is 33.0 Å². The van der Waals surface area contributed by atoms with Crippen molar-refractivity contribution in [2.45, 2.75) is 11.8 Å². The largest absolute Gasteiger partial charge is 0.490 e. The monoisotopic (exact) mass is 571 g/mol. The molecule has 0 saturated heterocycles. The third kappa shape index (κ3) is 7.19. The molecule has 1 amide bonds. The van der Waals surface area contributed by atoms with E-state index in [-0.39, 0.29) is 4.90 Å². The molecule has 0 heterocycles. The summed E-state index contributed by atoms with van der Waals surface area (Å²) in [5.74, 6) is 0.490. The van der Waals surface area contributed by atoms with Gasteiger partial charge in [0.05, 0.1) is 23.4 Å². The molecular formula is C26H26BrN3O5S. The number of nitrogens with zero attached hydrogens (tertiary/aromatic N) is 2. The van der Waals surface area contributed by atoms with Crippen molar-refractivity contribution < 1.29 is 22.7 Å². The number of hydrogen-bond acceptors (Lipinski definition) is 6. The molecular weight excluding hydrogens is 546 g/mol. The molecule has 0 aromatic heterocycles. The first kappa shape index (κ1) is 27.0. The smallest absolute Gasteiger partial charge is 0.264 e. The van der Waals surface area contributed by atoms with Gasteiger partial charge in [-0.3, -0.25) is 9.10 Å². The Morgan fingerprint density at radius 1 is 1.06 bits per heavy atom. The van der Waals surface area contributed by atoms with Gasteiger partial charge in [0, 0.05) is 4.47 Å². The molecule has 0 aliphatic carbocycles. The van der Waals surface area contributed by atoms with Crippen molar-refractivity contribution in [3.05, 3.63) is 95.5 Å². The lowest BCUT2D eigenvalue weighted by atomic mass is 10.2. The number of amides is 1. The fourth-order valence-electron chi connectivity index (χ4n) is 3.13. The summed E-state index contributed by atoms with van der Waals surface area (Å²) in [5, 5.41) is 3.98. The molecule has 3 rings (SSSR count). The summed E-state index contributed by atoms with van der Waals surface area (Å²) in [6.07, 6.45) is 3.07. The van der Waals surface area contributed by atoms with Gasteiger partial charge in [-0.15, -0.1) is 0 Å². The second-order valence-corrected chi connectivity index (χ2v) is 10.1. The summed E-state index contributed by atoms with van der Waals surface area (Å²) in [4.78, 5) is 12.8. The molecule has 0 spiro atoms. The molecule has 3 aromatic rings. The van der Waals surface area contributed by atoms with Crippen LogP contribution in [0.3, 0.4) is 0 Å². The Labute approximate surface area is 219 Å². The number of anilines is 1. The van der Waals surface area contributed by atoms with Crippen molar-refractivity contribution in [2.24, 2.45) is 5.10 Å². The zero-order valence-electron chi connectivity index (χ0n) is 19.6. The second kappa shape index (κ2) is 12.9. The van der Waals surface area contributed by atoms with Gasteiger partial charge in [0.2, 0.25) is 0 Å². The predicted molar refractivity (Wildman–Crippen MR) is 144 cm³/mol. The van der Waals surface area contributed by atoms with Crippen LogP contribution in [0.2, 0.25) is 0 Å². The summed E-state index contributed by atoms with van der Waals surface area (Å²) in [6.45, 7) is 5.81. The van der Waals surface area contributed by atoms with E-state index in [9.17, 15) is 13.2 Å². The number of ether oxygens (including phenoxy) is 2. The predicted octanol–water partition coefficient (Wildman–Crippen LogP) is 4.76. The van der Waals surface area contributed by atoms with Gasteiger partial charge in [0.1, 0.15) is 13.2 Å². The Balaban J connectivity index is 1.77. The number of benzene rings is 3. The molecule has 188 valence electrons. The Morgan fingerprint density at radius 3 is 2.44 bits per heavy atom. The molecule has 36 heavy (non-hydrogen) atoms. The van der Waals surface area contributed by atoms with Crippen LogP contribution in [-0.2, 0) is 14.8 Å². The Morgan fingerprint density at radius 2 is 1.78 bits per heavy atom. The van der Waals surface area contributed by atoms with Gasteiger partial charge < -0.3 is 9.47 Å². The highest BCUT2D eigenvalue weighted by molar-refractivity contribution is 9.10. The number of halogens is 1. The fourth-order valence-corrected chi connectivity index (χ4v) is 4.83. The first-order valence-corrected chi connectivity index (χ1v) is 13.2. The number of hydrogen-bond donors (Lipinski definition) is 1. The molecule has 0 unspecified atom stereocenters. The molecule has 10 heteroatoms. The number of sulfonamides is 1. The van der Waals surface area contributed by atoms with Crippen LogP contribution in [0.5, 0.6) is 11.5 Å². The fraction of sp³-hybridized carbons (Fsp3) is 0.154. The summed E-state index contributed by atoms with van der Waals surface area (Å²) < 4.78 is 39.6. The van der Waals surface area contributed by atoms with Crippen molar-refractivity contribution in [1.82, 2.24) is 5.43 Å². The molecule has 8 nitrogen and oxygen atoms in total. The van der Waals surface area contributed by atoms with Crippen molar-refractivity contribution >= 4 is 43.8 Å². The average Bonchev–Trinajstić information content (AvgIpc) is 2.88. The van der Waals surface area contributed by atoms with Crippen molar-refractivity contribution in [3.63, 3.8) is 0 Å². The molecule has 1 N–H and O–H groups in total. The van der Waals surface area contributed by atoms with Crippen molar-refractivity contribution in [2.75, 3.05) is 24.1 Å². The minimum absolute atomic E-state index is 0.0754. The summed E-state index contributed by atoms with van der Waals surface area (Å²) >= 11 is 3.34. The Hall–Kier alpha value is -3.63. The van der Waals surface area contributed by atoms with E-state index in [4.69, 9.17) is 9.47 Å². The molecule has 3 aromatic carbocycles. The number of rotatable bonds is 12. The van der Waals surface area contributed by atoms with Crippen LogP contribution in [0.25, 0.3) is 0 Å². The zero-order chi connectivity index (χ0) is 26.0. The van der Waals surface area contributed by atoms with Crippen LogP contribution in [0.4, 0.5) is 5.69 Å². The molecule has 0 aliphatic heterocycles. The quantitative estimate of drug-likeness (QED) is 0.192. The number of carbonyl (C=O) groups is 1. The summed E-state index contributed by atoms with van der Waals surface area (Å²) in [6, 6.07) is 19.8. The van der Waals surface area contributed by atoms with Gasteiger partial charge >= 0.3 is 0 Å². The molecule has 0 radical (unpaired) electrons. The maximum Gasteiger partial charge on any atom is 0.264 e. The topological polar surface area (TPSA) is 97.3 Å². The van der Waals surface area contributed by atoms with Crippen molar-refractivity contribution in [3.8, 4) is 11.5 Å². The van der Waals surface area contributed by atoms with E-state index in [1.54, 1.807) is 66.7 Å². The van der Waals surface area contributed by atoms with E-state index in [1.807, 2.05) is 6.92 Å². The third-order valence-electron chi connectivity index (χ3n) is 4.76. The highest BCUT2D eigenvalue weighted by atomic mass is 79.9. The minimum Gasteiger partial charge on any atom is -0.490 e. The van der Waals surface area contributed by atoms with E-state index in [1.165, 1.54) is 18.3 Å². The first-order chi connectivity index (χ1) is 17.3. The van der Waals surface area contributed by atoms with Crippen LogP contribution in [0.15, 0.2) is 99.9 Å². The van der Waals surface area contributed by atoms with E-state index in [0.29, 0.717) is 36.0 Å². The van der Waals surface area contributed by atoms with Gasteiger partial charge in [0.15, 0.2) is 11.5 Å². The van der Waals surface area contributed by atoms with Gasteiger partial charge in [-0.2, -0.15) is 5.10 Å². The maximum absolute atomic E-state index is 13.3. The maximum atomic E-state index is 13.3. The Kier molecular flexibility index (Phi) is 9.66. The zero-order valence-corrected chi connectivity index (χ0v) is 22.0. The molecule has 0 atom stereocenters. The van der Waals surface area contributed by atoms with Crippen LogP contribution >= 0.6 is 15.9 Å². The average molecular weight is 572 g/mol. The minimum atomic E-state index is -4.00. The highest BCUT2D eigenvalue weighted by Crippen LogP contribution is 2.28. The number of carbonyl (C=O) groups excluding carboxylic acids is 1. The van der Waals surface area contributed by atoms with E-state index in [0.717, 1.165) is 8.78 Å².